The van der Waals surface area contributed by atoms with Crippen molar-refractivity contribution in [2.24, 2.45) is 7.05 Å². The first-order valence-electron chi connectivity index (χ1n) is 9.18. The normalized spacial score (nSPS) is 10.7. The van der Waals surface area contributed by atoms with Crippen molar-refractivity contribution in [1.29, 1.82) is 0 Å². The quantitative estimate of drug-likeness (QED) is 0.515. The zero-order chi connectivity index (χ0) is 20.4. The van der Waals surface area contributed by atoms with Crippen molar-refractivity contribution in [3.05, 3.63) is 66.5 Å². The number of fused-ring (bicyclic) bond motifs is 1. The lowest BCUT2D eigenvalue weighted by molar-refractivity contribution is 0.0962. The summed E-state index contributed by atoms with van der Waals surface area (Å²) in [7, 11) is 5.59. The number of nitrogens with zero attached hydrogens (tertiary/aromatic N) is 3. The van der Waals surface area contributed by atoms with Crippen LogP contribution in [0.1, 0.15) is 10.4 Å². The average molecular weight is 385 g/mol. The number of carbonyl (C=O) groups is 1. The Morgan fingerprint density at radius 3 is 2.62 bits per heavy atom. The number of ether oxygens (including phenoxy) is 1. The molecule has 0 atom stereocenters. The van der Waals surface area contributed by atoms with E-state index in [1.165, 1.54) is 11.7 Å². The Bertz CT molecular complexity index is 1190. The molecular weight excluding hydrogens is 365 g/mol. The molecule has 0 fully saturated rings. The molecule has 0 aliphatic carbocycles. The highest BCUT2D eigenvalue weighted by atomic mass is 16.5. The van der Waals surface area contributed by atoms with E-state index in [4.69, 9.17) is 4.74 Å². The Morgan fingerprint density at radius 2 is 1.86 bits per heavy atom. The van der Waals surface area contributed by atoms with Gasteiger partial charge in [-0.25, -0.2) is 4.98 Å². The number of hydrogen-bond acceptors (Lipinski definition) is 5. The highest BCUT2D eigenvalue weighted by Crippen LogP contribution is 2.28. The Morgan fingerprint density at radius 1 is 1.07 bits per heavy atom. The molecule has 7 nitrogen and oxygen atoms in total. The third-order valence-corrected chi connectivity index (χ3v) is 4.60. The molecule has 0 unspecified atom stereocenters. The number of carbonyl (C=O) groups excluding carboxylic acids is 1. The van der Waals surface area contributed by atoms with Crippen LogP contribution < -0.4 is 20.8 Å². The van der Waals surface area contributed by atoms with E-state index >= 15 is 0 Å². The van der Waals surface area contributed by atoms with E-state index in [2.05, 4.69) is 40.6 Å². The van der Waals surface area contributed by atoms with E-state index in [1.807, 2.05) is 41.9 Å². The fraction of sp³-hybridized carbons (Fsp3) is 0.0952. The standard InChI is InChI=1S/C21H20BN5O2/c1-23-20(28)13-9-17(12-24-11-13)29-16-7-8-19-18(10-16)26-21(27(19)2)25-15-5-3-14(22)4-6-15/h3-12H,22H2,1-2H3,(H,23,28)(H,25,26). The van der Waals surface area contributed by atoms with Gasteiger partial charge < -0.3 is 19.9 Å². The smallest absolute Gasteiger partial charge is 0.252 e. The number of hydrogen-bond donors (Lipinski definition) is 2. The van der Waals surface area contributed by atoms with Crippen LogP contribution in [0.2, 0.25) is 0 Å². The molecule has 2 heterocycles. The van der Waals surface area contributed by atoms with E-state index in [0.717, 1.165) is 22.7 Å². The molecule has 144 valence electrons. The maximum Gasteiger partial charge on any atom is 0.252 e. The second-order valence-corrected chi connectivity index (χ2v) is 6.73. The molecule has 29 heavy (non-hydrogen) atoms. The molecular formula is C21H20BN5O2. The number of rotatable bonds is 5. The van der Waals surface area contributed by atoms with Crippen molar-refractivity contribution in [2.75, 3.05) is 12.4 Å². The van der Waals surface area contributed by atoms with Gasteiger partial charge in [0.2, 0.25) is 5.95 Å². The molecule has 8 heteroatoms. The first-order chi connectivity index (χ1) is 14.0. The lowest BCUT2D eigenvalue weighted by atomic mass is 9.96. The molecule has 2 aromatic carbocycles. The molecule has 0 aliphatic rings. The van der Waals surface area contributed by atoms with Gasteiger partial charge in [0, 0.05) is 32.0 Å². The van der Waals surface area contributed by atoms with Crippen molar-refractivity contribution in [1.82, 2.24) is 19.9 Å². The van der Waals surface area contributed by atoms with Gasteiger partial charge in [0.1, 0.15) is 19.3 Å². The van der Waals surface area contributed by atoms with Gasteiger partial charge in [-0.1, -0.05) is 17.6 Å². The first-order valence-corrected chi connectivity index (χ1v) is 9.18. The van der Waals surface area contributed by atoms with Crippen LogP contribution >= 0.6 is 0 Å². The van der Waals surface area contributed by atoms with Crippen molar-refractivity contribution in [3.8, 4) is 11.5 Å². The molecule has 0 saturated heterocycles. The van der Waals surface area contributed by atoms with Crippen LogP contribution in [0.15, 0.2) is 60.9 Å². The van der Waals surface area contributed by atoms with Crippen LogP contribution in [-0.4, -0.2) is 35.3 Å². The molecule has 0 spiro atoms. The zero-order valence-electron chi connectivity index (χ0n) is 16.4. The zero-order valence-corrected chi connectivity index (χ0v) is 16.4. The minimum atomic E-state index is -0.213. The number of benzene rings is 2. The van der Waals surface area contributed by atoms with Gasteiger partial charge in [0.15, 0.2) is 0 Å². The van der Waals surface area contributed by atoms with Gasteiger partial charge in [-0.05, 0) is 30.3 Å². The summed E-state index contributed by atoms with van der Waals surface area (Å²) in [6.45, 7) is 0. The minimum Gasteiger partial charge on any atom is -0.456 e. The van der Waals surface area contributed by atoms with Gasteiger partial charge in [0.25, 0.3) is 5.91 Å². The number of nitrogens with one attached hydrogen (secondary N) is 2. The van der Waals surface area contributed by atoms with E-state index in [-0.39, 0.29) is 5.91 Å². The van der Waals surface area contributed by atoms with Gasteiger partial charge in [-0.15, -0.1) is 0 Å². The van der Waals surface area contributed by atoms with Gasteiger partial charge in [0.05, 0.1) is 22.8 Å². The molecule has 0 radical (unpaired) electrons. The highest BCUT2D eigenvalue weighted by molar-refractivity contribution is 6.32. The van der Waals surface area contributed by atoms with Crippen LogP contribution in [0, 0.1) is 0 Å². The van der Waals surface area contributed by atoms with Crippen LogP contribution in [0.4, 0.5) is 11.6 Å². The summed E-state index contributed by atoms with van der Waals surface area (Å²) in [4.78, 5) is 20.5. The molecule has 4 aromatic rings. The Labute approximate surface area is 169 Å². The Kier molecular flexibility index (Phi) is 4.91. The Hall–Kier alpha value is -3.81. The predicted molar refractivity (Wildman–Crippen MR) is 116 cm³/mol. The summed E-state index contributed by atoms with van der Waals surface area (Å²) in [5, 5.41) is 5.92. The van der Waals surface area contributed by atoms with Crippen molar-refractivity contribution in [3.63, 3.8) is 0 Å². The first kappa shape index (κ1) is 18.6. The van der Waals surface area contributed by atoms with Gasteiger partial charge in [-0.2, -0.15) is 0 Å². The summed E-state index contributed by atoms with van der Waals surface area (Å²) in [6.07, 6.45) is 3.07. The van der Waals surface area contributed by atoms with Crippen LogP contribution in [-0.2, 0) is 7.05 Å². The number of imidazole rings is 1. The summed E-state index contributed by atoms with van der Waals surface area (Å²) in [5.41, 5.74) is 4.40. The average Bonchev–Trinajstić information content (AvgIpc) is 3.04. The van der Waals surface area contributed by atoms with Crippen LogP contribution in [0.3, 0.4) is 0 Å². The molecule has 0 saturated carbocycles. The second kappa shape index (κ2) is 7.67. The summed E-state index contributed by atoms with van der Waals surface area (Å²) in [5.74, 6) is 1.63. The molecule has 2 N–H and O–H groups in total. The lowest BCUT2D eigenvalue weighted by Crippen LogP contribution is -2.17. The molecule has 0 aliphatic heterocycles. The number of anilines is 2. The fourth-order valence-corrected chi connectivity index (χ4v) is 3.00. The molecule has 4 rings (SSSR count). The third-order valence-electron chi connectivity index (χ3n) is 4.60. The minimum absolute atomic E-state index is 0.213. The summed E-state index contributed by atoms with van der Waals surface area (Å²) in [6, 6.07) is 15.5. The fourth-order valence-electron chi connectivity index (χ4n) is 3.00. The second-order valence-electron chi connectivity index (χ2n) is 6.73. The van der Waals surface area contributed by atoms with Crippen LogP contribution in [0.5, 0.6) is 11.5 Å². The largest absolute Gasteiger partial charge is 0.456 e. The van der Waals surface area contributed by atoms with Crippen molar-refractivity contribution < 1.29 is 9.53 Å². The van der Waals surface area contributed by atoms with Crippen molar-refractivity contribution >= 4 is 41.9 Å². The summed E-state index contributed by atoms with van der Waals surface area (Å²) < 4.78 is 7.88. The number of pyridine rings is 1. The monoisotopic (exact) mass is 385 g/mol. The molecule has 0 bridgehead atoms. The van der Waals surface area contributed by atoms with Gasteiger partial charge >= 0.3 is 0 Å². The van der Waals surface area contributed by atoms with E-state index in [1.54, 1.807) is 19.3 Å². The molecule has 2 aromatic heterocycles. The maximum absolute atomic E-state index is 11.8. The predicted octanol–water partition coefficient (Wildman–Crippen LogP) is 2.12. The maximum atomic E-state index is 11.8. The van der Waals surface area contributed by atoms with E-state index in [9.17, 15) is 4.79 Å². The number of amides is 1. The highest BCUT2D eigenvalue weighted by Gasteiger charge is 2.11. The van der Waals surface area contributed by atoms with E-state index in [0.29, 0.717) is 17.1 Å². The third kappa shape index (κ3) is 3.91. The molecule has 1 amide bonds. The number of aromatic nitrogens is 3. The van der Waals surface area contributed by atoms with E-state index < -0.39 is 0 Å². The SMILES string of the molecule is Bc1ccc(Nc2nc3cc(Oc4cncc(C(=O)NC)c4)ccc3n2C)cc1. The lowest BCUT2D eigenvalue weighted by Gasteiger charge is -2.07. The Balaban J connectivity index is 1.59. The topological polar surface area (TPSA) is 81.1 Å². The van der Waals surface area contributed by atoms with Gasteiger partial charge in [-0.3, -0.25) is 9.78 Å². The summed E-state index contributed by atoms with van der Waals surface area (Å²) >= 11 is 0. The number of aryl methyl sites for hydroxylation is 1. The van der Waals surface area contributed by atoms with Crippen molar-refractivity contribution in [2.45, 2.75) is 0 Å². The van der Waals surface area contributed by atoms with Crippen LogP contribution in [0.25, 0.3) is 11.0 Å².